The summed E-state index contributed by atoms with van der Waals surface area (Å²) < 4.78 is 5.75. The number of amides is 1. The van der Waals surface area contributed by atoms with Gasteiger partial charge in [0.1, 0.15) is 5.82 Å². The van der Waals surface area contributed by atoms with Gasteiger partial charge < -0.3 is 19.5 Å². The molecule has 4 heterocycles. The number of hydrogen-bond acceptors (Lipinski definition) is 5. The molecule has 3 aliphatic rings. The maximum Gasteiger partial charge on any atom is 0.225 e. The minimum Gasteiger partial charge on any atom is -0.377 e. The Hall–Kier alpha value is -2.93. The Morgan fingerprint density at radius 1 is 1.21 bits per heavy atom. The molecule has 1 N–H and O–H groups in total. The maximum absolute atomic E-state index is 13.3. The van der Waals surface area contributed by atoms with Crippen LogP contribution in [0.25, 0.3) is 22.3 Å². The zero-order valence-corrected chi connectivity index (χ0v) is 20.3. The molecule has 0 unspecified atom stereocenters. The number of nitrogens with one attached hydrogen (secondary N) is 1. The van der Waals surface area contributed by atoms with Crippen LogP contribution < -0.4 is 4.90 Å². The standard InChI is InChI=1S/C27H33N5O2/c1-17(2)26(33)32-13-9-21-23(27(32)10-5-11-27)29-24(20-6-4-7-22-19(20)8-12-28-22)30-25(21)31-14-15-34-16-18(31)3/h4,6-8,12,17-18,28H,5,9-11,13-16H2,1-3H3/t18-/m1/s1. The zero-order chi connectivity index (χ0) is 23.4. The molecule has 3 aromatic rings. The van der Waals surface area contributed by atoms with E-state index in [4.69, 9.17) is 14.7 Å². The fourth-order valence-corrected chi connectivity index (χ4v) is 5.98. The third-order valence-corrected chi connectivity index (χ3v) is 7.94. The number of carbonyl (C=O) groups excluding carboxylic acids is 1. The normalized spacial score (nSPS) is 21.7. The first-order chi connectivity index (χ1) is 16.5. The number of rotatable bonds is 3. The molecule has 7 nitrogen and oxygen atoms in total. The van der Waals surface area contributed by atoms with Crippen molar-refractivity contribution in [2.24, 2.45) is 5.92 Å². The molecule has 34 heavy (non-hydrogen) atoms. The number of carbonyl (C=O) groups is 1. The smallest absolute Gasteiger partial charge is 0.225 e. The van der Waals surface area contributed by atoms with Crippen molar-refractivity contribution in [1.29, 1.82) is 0 Å². The SMILES string of the molecule is CC(C)C(=O)N1CCc2c(N3CCOC[C@H]3C)nc(-c3cccc4[nH]ccc34)nc2C12CCC2. The van der Waals surface area contributed by atoms with Crippen molar-refractivity contribution in [3.8, 4) is 11.4 Å². The van der Waals surface area contributed by atoms with Crippen LogP contribution in [0.15, 0.2) is 30.5 Å². The Morgan fingerprint density at radius 2 is 2.06 bits per heavy atom. The number of H-pyrrole nitrogens is 1. The quantitative estimate of drug-likeness (QED) is 0.633. The van der Waals surface area contributed by atoms with E-state index in [1.54, 1.807) is 0 Å². The van der Waals surface area contributed by atoms with E-state index in [-0.39, 0.29) is 23.4 Å². The minimum atomic E-state index is -0.303. The summed E-state index contributed by atoms with van der Waals surface area (Å²) in [5.41, 5.74) is 4.11. The van der Waals surface area contributed by atoms with E-state index in [1.807, 2.05) is 20.0 Å². The average molecular weight is 460 g/mol. The third-order valence-electron chi connectivity index (χ3n) is 7.94. The van der Waals surface area contributed by atoms with E-state index in [1.165, 1.54) is 5.56 Å². The number of aromatic amines is 1. The lowest BCUT2D eigenvalue weighted by molar-refractivity contribution is -0.147. The summed E-state index contributed by atoms with van der Waals surface area (Å²) in [6.07, 6.45) is 5.83. The van der Waals surface area contributed by atoms with Crippen LogP contribution in [0.3, 0.4) is 0 Å². The number of aromatic nitrogens is 3. The molecule has 0 bridgehead atoms. The summed E-state index contributed by atoms with van der Waals surface area (Å²) in [6.45, 7) is 9.17. The Balaban J connectivity index is 1.58. The minimum absolute atomic E-state index is 0.0207. The molecule has 2 aromatic heterocycles. The van der Waals surface area contributed by atoms with Crippen LogP contribution in [-0.2, 0) is 21.5 Å². The summed E-state index contributed by atoms with van der Waals surface area (Å²) >= 11 is 0. The number of benzene rings is 1. The molecule has 1 spiro atoms. The zero-order valence-electron chi connectivity index (χ0n) is 20.3. The van der Waals surface area contributed by atoms with Gasteiger partial charge in [-0.25, -0.2) is 9.97 Å². The highest BCUT2D eigenvalue weighted by molar-refractivity contribution is 5.93. The van der Waals surface area contributed by atoms with Gasteiger partial charge >= 0.3 is 0 Å². The molecule has 178 valence electrons. The molecule has 1 saturated heterocycles. The Bertz CT molecular complexity index is 1250. The highest BCUT2D eigenvalue weighted by atomic mass is 16.5. The Kier molecular flexibility index (Phi) is 5.13. The van der Waals surface area contributed by atoms with Gasteiger partial charge in [0.2, 0.25) is 5.91 Å². The largest absolute Gasteiger partial charge is 0.377 e. The third kappa shape index (κ3) is 3.17. The van der Waals surface area contributed by atoms with Crippen LogP contribution >= 0.6 is 0 Å². The molecule has 7 heteroatoms. The van der Waals surface area contributed by atoms with Crippen molar-refractivity contribution in [3.05, 3.63) is 41.7 Å². The van der Waals surface area contributed by atoms with E-state index < -0.39 is 0 Å². The second kappa shape index (κ2) is 8.08. The molecule has 1 saturated carbocycles. The van der Waals surface area contributed by atoms with Crippen LogP contribution in [0.2, 0.25) is 0 Å². The first-order valence-electron chi connectivity index (χ1n) is 12.6. The van der Waals surface area contributed by atoms with E-state index in [0.29, 0.717) is 13.2 Å². The summed E-state index contributed by atoms with van der Waals surface area (Å²) in [6, 6.07) is 8.59. The summed E-state index contributed by atoms with van der Waals surface area (Å²) in [7, 11) is 0. The molecule has 1 amide bonds. The van der Waals surface area contributed by atoms with Crippen molar-refractivity contribution in [1.82, 2.24) is 19.9 Å². The number of morpholine rings is 1. The first kappa shape index (κ1) is 21.6. The monoisotopic (exact) mass is 459 g/mol. The van der Waals surface area contributed by atoms with Crippen LogP contribution in [-0.4, -0.2) is 58.1 Å². The summed E-state index contributed by atoms with van der Waals surface area (Å²) in [4.78, 5) is 31.7. The molecular formula is C27H33N5O2. The molecule has 1 aliphatic carbocycles. The second-order valence-corrected chi connectivity index (χ2v) is 10.3. The van der Waals surface area contributed by atoms with Gasteiger partial charge in [0.15, 0.2) is 5.82 Å². The van der Waals surface area contributed by atoms with Crippen LogP contribution in [0.4, 0.5) is 5.82 Å². The topological polar surface area (TPSA) is 74.3 Å². The van der Waals surface area contributed by atoms with Gasteiger partial charge in [0.25, 0.3) is 0 Å². The fourth-order valence-electron chi connectivity index (χ4n) is 5.98. The van der Waals surface area contributed by atoms with Gasteiger partial charge in [-0.1, -0.05) is 26.0 Å². The number of anilines is 1. The van der Waals surface area contributed by atoms with Gasteiger partial charge in [-0.05, 0) is 44.7 Å². The molecule has 1 atom stereocenters. The van der Waals surface area contributed by atoms with Crippen LogP contribution in [0.5, 0.6) is 0 Å². The van der Waals surface area contributed by atoms with Crippen molar-refractivity contribution in [3.63, 3.8) is 0 Å². The predicted molar refractivity (Wildman–Crippen MR) is 133 cm³/mol. The Labute approximate surface area is 200 Å². The molecule has 2 fully saturated rings. The summed E-state index contributed by atoms with van der Waals surface area (Å²) in [5.74, 6) is 2.00. The van der Waals surface area contributed by atoms with Crippen molar-refractivity contribution in [2.45, 2.75) is 58.0 Å². The van der Waals surface area contributed by atoms with Gasteiger partial charge in [0, 0.05) is 47.2 Å². The van der Waals surface area contributed by atoms with E-state index in [9.17, 15) is 4.79 Å². The Morgan fingerprint density at radius 3 is 2.79 bits per heavy atom. The van der Waals surface area contributed by atoms with E-state index >= 15 is 0 Å². The van der Waals surface area contributed by atoms with Crippen LogP contribution in [0, 0.1) is 5.92 Å². The number of nitrogens with zero attached hydrogens (tertiary/aromatic N) is 4. The highest BCUT2D eigenvalue weighted by Gasteiger charge is 2.52. The molecular weight excluding hydrogens is 426 g/mol. The number of ether oxygens (including phenoxy) is 1. The lowest BCUT2D eigenvalue weighted by atomic mass is 9.68. The molecule has 2 aliphatic heterocycles. The van der Waals surface area contributed by atoms with Crippen molar-refractivity contribution < 1.29 is 9.53 Å². The first-order valence-corrected chi connectivity index (χ1v) is 12.6. The van der Waals surface area contributed by atoms with Gasteiger partial charge in [-0.15, -0.1) is 0 Å². The fraction of sp³-hybridized carbons (Fsp3) is 0.519. The lowest BCUT2D eigenvalue weighted by Crippen LogP contribution is -2.59. The predicted octanol–water partition coefficient (Wildman–Crippen LogP) is 4.27. The average Bonchev–Trinajstić information content (AvgIpc) is 3.30. The number of hydrogen-bond donors (Lipinski definition) is 1. The highest BCUT2D eigenvalue weighted by Crippen LogP contribution is 2.51. The second-order valence-electron chi connectivity index (χ2n) is 10.3. The maximum atomic E-state index is 13.3. The van der Waals surface area contributed by atoms with Gasteiger partial charge in [-0.2, -0.15) is 0 Å². The molecule has 6 rings (SSSR count). The van der Waals surface area contributed by atoms with E-state index in [2.05, 4.69) is 46.0 Å². The molecule has 1 aromatic carbocycles. The van der Waals surface area contributed by atoms with Crippen molar-refractivity contribution in [2.75, 3.05) is 31.2 Å². The molecule has 0 radical (unpaired) electrons. The van der Waals surface area contributed by atoms with Gasteiger partial charge in [-0.3, -0.25) is 4.79 Å². The van der Waals surface area contributed by atoms with Gasteiger partial charge in [0.05, 0.1) is 30.5 Å². The lowest BCUT2D eigenvalue weighted by Gasteiger charge is -2.54. The van der Waals surface area contributed by atoms with Crippen LogP contribution in [0.1, 0.15) is 51.3 Å². The summed E-state index contributed by atoms with van der Waals surface area (Å²) in [5, 5.41) is 1.12. The number of fused-ring (bicyclic) bond motifs is 3. The van der Waals surface area contributed by atoms with Crippen molar-refractivity contribution >= 4 is 22.6 Å². The van der Waals surface area contributed by atoms with E-state index in [0.717, 1.165) is 72.6 Å².